The highest BCUT2D eigenvalue weighted by molar-refractivity contribution is 6.04. The van der Waals surface area contributed by atoms with Crippen LogP contribution in [0, 0.1) is 17.5 Å². The van der Waals surface area contributed by atoms with Gasteiger partial charge in [-0.05, 0) is 60.7 Å². The first-order chi connectivity index (χ1) is 15.0. The van der Waals surface area contributed by atoms with Crippen LogP contribution < -0.4 is 10.6 Å². The van der Waals surface area contributed by atoms with E-state index in [1.54, 1.807) is 48.7 Å². The van der Waals surface area contributed by atoms with Crippen molar-refractivity contribution in [2.45, 2.75) is 0 Å². The van der Waals surface area contributed by atoms with Gasteiger partial charge in [0, 0.05) is 34.8 Å². The van der Waals surface area contributed by atoms with Crippen molar-refractivity contribution in [2.75, 3.05) is 10.6 Å². The molecule has 0 atom stereocenters. The van der Waals surface area contributed by atoms with E-state index in [1.807, 2.05) is 0 Å². The van der Waals surface area contributed by atoms with E-state index in [0.717, 1.165) is 18.2 Å². The van der Waals surface area contributed by atoms with Crippen LogP contribution in [0.1, 0.15) is 10.4 Å². The molecular weight excluding hydrogens is 405 g/mol. The van der Waals surface area contributed by atoms with E-state index >= 15 is 0 Å². The van der Waals surface area contributed by atoms with Crippen molar-refractivity contribution in [2.24, 2.45) is 0 Å². The second-order valence-electron chi connectivity index (χ2n) is 6.59. The molecular formula is C23H15F3N4O. The lowest BCUT2D eigenvalue weighted by molar-refractivity contribution is 0.102. The molecule has 0 bridgehead atoms. The summed E-state index contributed by atoms with van der Waals surface area (Å²) in [6.07, 6.45) is 1.56. The monoisotopic (exact) mass is 420 g/mol. The van der Waals surface area contributed by atoms with Gasteiger partial charge in [-0.15, -0.1) is 0 Å². The Morgan fingerprint density at radius 3 is 2.26 bits per heavy atom. The van der Waals surface area contributed by atoms with Gasteiger partial charge in [0.05, 0.1) is 0 Å². The third kappa shape index (κ3) is 5.05. The van der Waals surface area contributed by atoms with Crippen LogP contribution >= 0.6 is 0 Å². The summed E-state index contributed by atoms with van der Waals surface area (Å²) in [4.78, 5) is 21.1. The Hall–Kier alpha value is -4.20. The predicted molar refractivity (Wildman–Crippen MR) is 111 cm³/mol. The van der Waals surface area contributed by atoms with Gasteiger partial charge in [-0.2, -0.15) is 0 Å². The van der Waals surface area contributed by atoms with Gasteiger partial charge in [-0.3, -0.25) is 4.79 Å². The van der Waals surface area contributed by atoms with Crippen molar-refractivity contribution >= 4 is 23.1 Å². The number of carbonyl (C=O) groups is 1. The first-order valence-corrected chi connectivity index (χ1v) is 9.20. The van der Waals surface area contributed by atoms with Gasteiger partial charge < -0.3 is 10.6 Å². The summed E-state index contributed by atoms with van der Waals surface area (Å²) in [5.41, 5.74) is 1.52. The minimum atomic E-state index is -0.786. The molecule has 1 heterocycles. The molecule has 3 aromatic carbocycles. The highest BCUT2D eigenvalue weighted by Gasteiger charge is 2.10. The maximum absolute atomic E-state index is 13.3. The van der Waals surface area contributed by atoms with Crippen molar-refractivity contribution in [1.29, 1.82) is 0 Å². The van der Waals surface area contributed by atoms with Crippen LogP contribution in [0.2, 0.25) is 0 Å². The Kier molecular flexibility index (Phi) is 5.61. The number of nitrogens with one attached hydrogen (secondary N) is 2. The van der Waals surface area contributed by atoms with E-state index in [2.05, 4.69) is 20.6 Å². The second kappa shape index (κ2) is 8.66. The lowest BCUT2D eigenvalue weighted by Gasteiger charge is -2.10. The Morgan fingerprint density at radius 1 is 0.774 bits per heavy atom. The number of anilines is 3. The Morgan fingerprint density at radius 2 is 1.52 bits per heavy atom. The minimum Gasteiger partial charge on any atom is -0.340 e. The highest BCUT2D eigenvalue weighted by Crippen LogP contribution is 2.21. The topological polar surface area (TPSA) is 66.9 Å². The van der Waals surface area contributed by atoms with Crippen LogP contribution in [0.15, 0.2) is 79.0 Å². The number of benzene rings is 3. The molecule has 0 unspecified atom stereocenters. The summed E-state index contributed by atoms with van der Waals surface area (Å²) < 4.78 is 39.8. The quantitative estimate of drug-likeness (QED) is 0.444. The molecule has 1 aromatic heterocycles. The largest absolute Gasteiger partial charge is 0.340 e. The molecule has 2 N–H and O–H groups in total. The van der Waals surface area contributed by atoms with Crippen LogP contribution in [-0.4, -0.2) is 15.9 Å². The van der Waals surface area contributed by atoms with Gasteiger partial charge in [0.1, 0.15) is 23.3 Å². The number of aromatic nitrogens is 2. The first kappa shape index (κ1) is 20.1. The average molecular weight is 420 g/mol. The van der Waals surface area contributed by atoms with Gasteiger partial charge in [-0.1, -0.05) is 6.07 Å². The van der Waals surface area contributed by atoms with Crippen molar-refractivity contribution in [1.82, 2.24) is 9.97 Å². The Balaban J connectivity index is 1.51. The zero-order valence-corrected chi connectivity index (χ0v) is 15.9. The summed E-state index contributed by atoms with van der Waals surface area (Å²) >= 11 is 0. The molecule has 0 aliphatic carbocycles. The number of carbonyl (C=O) groups excluding carboxylic acids is 1. The molecule has 0 saturated heterocycles. The Bertz CT molecular complexity index is 1230. The van der Waals surface area contributed by atoms with Crippen LogP contribution in [-0.2, 0) is 0 Å². The summed E-state index contributed by atoms with van der Waals surface area (Å²) in [5, 5.41) is 5.54. The highest BCUT2D eigenvalue weighted by atomic mass is 19.1. The molecule has 4 aromatic rings. The van der Waals surface area contributed by atoms with Gasteiger partial charge in [0.15, 0.2) is 5.82 Å². The van der Waals surface area contributed by atoms with E-state index in [1.165, 1.54) is 12.1 Å². The lowest BCUT2D eigenvalue weighted by Crippen LogP contribution is -2.12. The molecule has 0 spiro atoms. The van der Waals surface area contributed by atoms with Crippen molar-refractivity contribution in [3.05, 3.63) is 102 Å². The number of rotatable bonds is 5. The maximum Gasteiger partial charge on any atom is 0.255 e. The third-order valence-corrected chi connectivity index (χ3v) is 4.28. The van der Waals surface area contributed by atoms with E-state index in [-0.39, 0.29) is 17.1 Å². The molecule has 0 aliphatic rings. The molecule has 0 saturated carbocycles. The first-order valence-electron chi connectivity index (χ1n) is 9.20. The number of hydrogen-bond acceptors (Lipinski definition) is 4. The number of hydrogen-bond donors (Lipinski definition) is 2. The van der Waals surface area contributed by atoms with Gasteiger partial charge >= 0.3 is 0 Å². The fourth-order valence-electron chi connectivity index (χ4n) is 2.88. The fraction of sp³-hybridized carbons (Fsp3) is 0. The third-order valence-electron chi connectivity index (χ3n) is 4.28. The van der Waals surface area contributed by atoms with Crippen molar-refractivity contribution in [3.63, 3.8) is 0 Å². The molecule has 8 heteroatoms. The smallest absolute Gasteiger partial charge is 0.255 e. The molecule has 0 fully saturated rings. The molecule has 31 heavy (non-hydrogen) atoms. The normalized spacial score (nSPS) is 10.5. The summed E-state index contributed by atoms with van der Waals surface area (Å²) in [7, 11) is 0. The maximum atomic E-state index is 13.3. The molecule has 154 valence electrons. The van der Waals surface area contributed by atoms with Gasteiger partial charge in [-0.25, -0.2) is 23.1 Å². The molecule has 5 nitrogen and oxygen atoms in total. The van der Waals surface area contributed by atoms with E-state index in [4.69, 9.17) is 0 Å². The SMILES string of the molecule is O=C(Nc1cc(F)cc(F)c1)c1cccc(Nc2ccnc(-c3ccc(F)cc3)n2)c1. The van der Waals surface area contributed by atoms with Crippen molar-refractivity contribution in [3.8, 4) is 11.4 Å². The van der Waals surface area contributed by atoms with Crippen LogP contribution in [0.5, 0.6) is 0 Å². The minimum absolute atomic E-state index is 0.0144. The Labute approximate surface area is 175 Å². The second-order valence-corrected chi connectivity index (χ2v) is 6.59. The summed E-state index contributed by atoms with van der Waals surface area (Å²) in [5.74, 6) is -1.57. The van der Waals surface area contributed by atoms with E-state index in [0.29, 0.717) is 22.9 Å². The standard InChI is InChI=1S/C23H15F3N4O/c24-16-6-4-14(5-7-16)22-27-9-8-21(30-22)28-19-3-1-2-15(10-19)23(31)29-20-12-17(25)11-18(26)13-20/h1-13H,(H,29,31)(H,27,28,30). The molecule has 1 amide bonds. The van der Waals surface area contributed by atoms with E-state index in [9.17, 15) is 18.0 Å². The van der Waals surface area contributed by atoms with Crippen molar-refractivity contribution < 1.29 is 18.0 Å². The van der Waals surface area contributed by atoms with Crippen LogP contribution in [0.25, 0.3) is 11.4 Å². The predicted octanol–water partition coefficient (Wildman–Crippen LogP) is 5.56. The van der Waals surface area contributed by atoms with Gasteiger partial charge in [0.2, 0.25) is 0 Å². The zero-order valence-electron chi connectivity index (χ0n) is 15.9. The van der Waals surface area contributed by atoms with Crippen LogP contribution in [0.4, 0.5) is 30.4 Å². The zero-order chi connectivity index (χ0) is 21.8. The molecule has 0 aliphatic heterocycles. The molecule has 4 rings (SSSR count). The fourth-order valence-corrected chi connectivity index (χ4v) is 2.88. The van der Waals surface area contributed by atoms with E-state index < -0.39 is 17.5 Å². The summed E-state index contributed by atoms with van der Waals surface area (Å²) in [6.45, 7) is 0. The summed E-state index contributed by atoms with van der Waals surface area (Å²) in [6, 6.07) is 16.8. The van der Waals surface area contributed by atoms with Crippen LogP contribution in [0.3, 0.4) is 0 Å². The number of nitrogens with zero attached hydrogens (tertiary/aromatic N) is 2. The lowest BCUT2D eigenvalue weighted by atomic mass is 10.1. The van der Waals surface area contributed by atoms with Gasteiger partial charge in [0.25, 0.3) is 5.91 Å². The number of halogens is 3. The average Bonchev–Trinajstić information content (AvgIpc) is 2.74. The molecule has 0 radical (unpaired) electrons. The number of amides is 1.